The minimum atomic E-state index is 0.102. The molecule has 0 amide bonds. The van der Waals surface area contributed by atoms with E-state index in [1.807, 2.05) is 29.9 Å². The topological polar surface area (TPSA) is 43.8 Å². The first kappa shape index (κ1) is 12.3. The summed E-state index contributed by atoms with van der Waals surface area (Å²) in [6.45, 7) is 0. The summed E-state index contributed by atoms with van der Waals surface area (Å²) in [6, 6.07) is 8.37. The molecular weight excluding hydrogens is 278 g/mol. The van der Waals surface area contributed by atoms with Crippen LogP contribution in [-0.4, -0.2) is 15.6 Å². The lowest BCUT2D eigenvalue weighted by Crippen LogP contribution is -2.26. The van der Waals surface area contributed by atoms with Crippen molar-refractivity contribution in [1.29, 1.82) is 0 Å². The summed E-state index contributed by atoms with van der Waals surface area (Å²) < 4.78 is 3.11. The minimum Gasteiger partial charge on any atom is -0.338 e. The maximum atomic E-state index is 6.15. The van der Waals surface area contributed by atoms with Gasteiger partial charge in [0, 0.05) is 36.4 Å². The van der Waals surface area contributed by atoms with Crippen LogP contribution >= 0.6 is 15.9 Å². The lowest BCUT2D eigenvalue weighted by molar-refractivity contribution is 0.622. The second-order valence-electron chi connectivity index (χ2n) is 4.25. The van der Waals surface area contributed by atoms with Crippen LogP contribution in [0.5, 0.6) is 0 Å². The normalized spacial score (nSPS) is 12.6. The number of imidazole rings is 1. The molecule has 2 rings (SSSR count). The summed E-state index contributed by atoms with van der Waals surface area (Å²) in [6.07, 6.45) is 5.42. The van der Waals surface area contributed by atoms with E-state index in [4.69, 9.17) is 5.73 Å². The Morgan fingerprint density at radius 3 is 2.88 bits per heavy atom. The summed E-state index contributed by atoms with van der Waals surface area (Å²) >= 11 is 3.47. The van der Waals surface area contributed by atoms with Crippen molar-refractivity contribution in [3.05, 3.63) is 52.5 Å². The first-order valence-corrected chi connectivity index (χ1v) is 6.40. The van der Waals surface area contributed by atoms with Crippen molar-refractivity contribution >= 4 is 15.9 Å². The lowest BCUT2D eigenvalue weighted by atomic mass is 10.0. The Morgan fingerprint density at radius 1 is 1.41 bits per heavy atom. The molecule has 1 aromatic carbocycles. The summed E-state index contributed by atoms with van der Waals surface area (Å²) in [5, 5.41) is 0. The number of hydrogen-bond acceptors (Lipinski definition) is 2. The van der Waals surface area contributed by atoms with Crippen LogP contribution in [0.4, 0.5) is 0 Å². The van der Waals surface area contributed by atoms with Crippen molar-refractivity contribution in [3.8, 4) is 0 Å². The molecule has 1 aromatic heterocycles. The zero-order valence-electron chi connectivity index (χ0n) is 9.81. The molecule has 2 N–H and O–H groups in total. The summed E-state index contributed by atoms with van der Waals surface area (Å²) in [7, 11) is 1.99. The van der Waals surface area contributed by atoms with E-state index in [0.717, 1.165) is 23.1 Å². The molecule has 1 unspecified atom stereocenters. The van der Waals surface area contributed by atoms with Crippen molar-refractivity contribution in [2.75, 3.05) is 0 Å². The van der Waals surface area contributed by atoms with Gasteiger partial charge in [-0.25, -0.2) is 4.98 Å². The van der Waals surface area contributed by atoms with E-state index >= 15 is 0 Å². The molecule has 0 aliphatic rings. The second-order valence-corrected chi connectivity index (χ2v) is 5.17. The predicted molar refractivity (Wildman–Crippen MR) is 72.7 cm³/mol. The quantitative estimate of drug-likeness (QED) is 0.940. The van der Waals surface area contributed by atoms with E-state index in [1.54, 1.807) is 6.20 Å². The van der Waals surface area contributed by atoms with Gasteiger partial charge in [0.15, 0.2) is 0 Å². The molecule has 0 aliphatic heterocycles. The molecule has 17 heavy (non-hydrogen) atoms. The molecule has 0 fully saturated rings. The largest absolute Gasteiger partial charge is 0.338 e. The second kappa shape index (κ2) is 5.47. The van der Waals surface area contributed by atoms with Crippen LogP contribution in [0.3, 0.4) is 0 Å². The maximum absolute atomic E-state index is 6.15. The average molecular weight is 294 g/mol. The molecule has 0 saturated heterocycles. The number of aryl methyl sites for hydroxylation is 1. The smallest absolute Gasteiger partial charge is 0.109 e. The van der Waals surface area contributed by atoms with Gasteiger partial charge in [-0.2, -0.15) is 0 Å². The molecule has 4 heteroatoms. The van der Waals surface area contributed by atoms with Crippen LogP contribution in [-0.2, 0) is 19.9 Å². The zero-order valence-corrected chi connectivity index (χ0v) is 11.4. The van der Waals surface area contributed by atoms with Gasteiger partial charge in [0.25, 0.3) is 0 Å². The molecular formula is C13H16BrN3. The average Bonchev–Trinajstić information content (AvgIpc) is 2.64. The third kappa shape index (κ3) is 3.41. The van der Waals surface area contributed by atoms with Crippen molar-refractivity contribution in [2.45, 2.75) is 18.9 Å². The number of benzene rings is 1. The van der Waals surface area contributed by atoms with Crippen LogP contribution < -0.4 is 5.73 Å². The van der Waals surface area contributed by atoms with Crippen molar-refractivity contribution in [1.82, 2.24) is 9.55 Å². The third-order valence-electron chi connectivity index (χ3n) is 2.75. The standard InChI is InChI=1S/C13H16BrN3/c1-17-6-5-16-13(17)9-12(15)8-10-3-2-4-11(14)7-10/h2-7,12H,8-9,15H2,1H3. The molecule has 1 heterocycles. The van der Waals surface area contributed by atoms with Crippen molar-refractivity contribution in [2.24, 2.45) is 12.8 Å². The molecule has 3 nitrogen and oxygen atoms in total. The van der Waals surface area contributed by atoms with Crippen molar-refractivity contribution in [3.63, 3.8) is 0 Å². The van der Waals surface area contributed by atoms with Crippen LogP contribution in [0.15, 0.2) is 41.1 Å². The summed E-state index contributed by atoms with van der Waals surface area (Å²) in [5.41, 5.74) is 7.40. The Labute approximate surface area is 110 Å². The molecule has 0 aliphatic carbocycles. The fourth-order valence-corrected chi connectivity index (χ4v) is 2.31. The van der Waals surface area contributed by atoms with E-state index in [-0.39, 0.29) is 6.04 Å². The van der Waals surface area contributed by atoms with Gasteiger partial charge >= 0.3 is 0 Å². The molecule has 0 spiro atoms. The van der Waals surface area contributed by atoms with E-state index in [0.29, 0.717) is 0 Å². The van der Waals surface area contributed by atoms with E-state index in [1.165, 1.54) is 5.56 Å². The Hall–Kier alpha value is -1.13. The van der Waals surface area contributed by atoms with Gasteiger partial charge < -0.3 is 10.3 Å². The molecule has 0 bridgehead atoms. The SMILES string of the molecule is Cn1ccnc1CC(N)Cc1cccc(Br)c1. The van der Waals surface area contributed by atoms with Gasteiger partial charge in [-0.1, -0.05) is 28.1 Å². The highest BCUT2D eigenvalue weighted by molar-refractivity contribution is 9.10. The number of halogens is 1. The van der Waals surface area contributed by atoms with Gasteiger partial charge in [0.2, 0.25) is 0 Å². The number of nitrogens with two attached hydrogens (primary N) is 1. The highest BCUT2D eigenvalue weighted by Crippen LogP contribution is 2.13. The molecule has 1 atom stereocenters. The molecule has 90 valence electrons. The highest BCUT2D eigenvalue weighted by Gasteiger charge is 2.08. The van der Waals surface area contributed by atoms with Gasteiger partial charge in [-0.15, -0.1) is 0 Å². The molecule has 0 saturated carbocycles. The number of hydrogen-bond donors (Lipinski definition) is 1. The number of nitrogens with zero attached hydrogens (tertiary/aromatic N) is 2. The van der Waals surface area contributed by atoms with Gasteiger partial charge in [-0.05, 0) is 24.1 Å². The Morgan fingerprint density at radius 2 is 2.24 bits per heavy atom. The lowest BCUT2D eigenvalue weighted by Gasteiger charge is -2.11. The van der Waals surface area contributed by atoms with Gasteiger partial charge in [0.05, 0.1) is 0 Å². The molecule has 2 aromatic rings. The van der Waals surface area contributed by atoms with E-state index in [2.05, 4.69) is 33.0 Å². The maximum Gasteiger partial charge on any atom is 0.109 e. The zero-order chi connectivity index (χ0) is 12.3. The van der Waals surface area contributed by atoms with Crippen LogP contribution in [0.25, 0.3) is 0 Å². The fraction of sp³-hybridized carbons (Fsp3) is 0.308. The third-order valence-corrected chi connectivity index (χ3v) is 3.25. The van der Waals surface area contributed by atoms with Gasteiger partial charge in [0.1, 0.15) is 5.82 Å². The number of aromatic nitrogens is 2. The summed E-state index contributed by atoms with van der Waals surface area (Å²) in [4.78, 5) is 4.29. The van der Waals surface area contributed by atoms with Crippen LogP contribution in [0.2, 0.25) is 0 Å². The Balaban J connectivity index is 1.98. The van der Waals surface area contributed by atoms with Crippen molar-refractivity contribution < 1.29 is 0 Å². The minimum absolute atomic E-state index is 0.102. The first-order valence-electron chi connectivity index (χ1n) is 5.61. The van der Waals surface area contributed by atoms with Gasteiger partial charge in [-0.3, -0.25) is 0 Å². The predicted octanol–water partition coefficient (Wildman–Crippen LogP) is 2.30. The highest BCUT2D eigenvalue weighted by atomic mass is 79.9. The number of rotatable bonds is 4. The van der Waals surface area contributed by atoms with E-state index < -0.39 is 0 Å². The monoisotopic (exact) mass is 293 g/mol. The fourth-order valence-electron chi connectivity index (χ4n) is 1.87. The van der Waals surface area contributed by atoms with Crippen LogP contribution in [0.1, 0.15) is 11.4 Å². The Kier molecular flexibility index (Phi) is 3.97. The van der Waals surface area contributed by atoms with Crippen LogP contribution in [0, 0.1) is 0 Å². The first-order chi connectivity index (χ1) is 8.15. The Bertz CT molecular complexity index is 493. The van der Waals surface area contributed by atoms with E-state index in [9.17, 15) is 0 Å². The molecule has 0 radical (unpaired) electrons. The summed E-state index contributed by atoms with van der Waals surface area (Å²) in [5.74, 6) is 1.03.